The van der Waals surface area contributed by atoms with Gasteiger partial charge in [-0.2, -0.15) is 5.48 Å². The van der Waals surface area contributed by atoms with Gasteiger partial charge < -0.3 is 10.1 Å². The predicted molar refractivity (Wildman–Crippen MR) is 93.9 cm³/mol. The number of fused-ring (bicyclic) bond motifs is 1. The number of hydroxylamine groups is 1. The Kier molecular flexibility index (Phi) is 4.84. The summed E-state index contributed by atoms with van der Waals surface area (Å²) in [5, 5.41) is 9.91. The van der Waals surface area contributed by atoms with Crippen molar-refractivity contribution in [3.8, 4) is 0 Å². The van der Waals surface area contributed by atoms with Gasteiger partial charge in [-0.25, -0.2) is 0 Å². The minimum absolute atomic E-state index is 0.147. The largest absolute Gasteiger partial charge is 0.316 e. The molecule has 5 nitrogen and oxygen atoms in total. The molecule has 0 saturated carbocycles. The van der Waals surface area contributed by atoms with E-state index in [1.54, 1.807) is 11.1 Å². The fraction of sp³-hybridized carbons (Fsp3) is 0.158. The quantitative estimate of drug-likeness (QED) is 0.709. The second-order valence-electron chi connectivity index (χ2n) is 5.68. The van der Waals surface area contributed by atoms with E-state index < -0.39 is 0 Å². The van der Waals surface area contributed by atoms with E-state index in [1.165, 1.54) is 5.56 Å². The van der Waals surface area contributed by atoms with Crippen molar-refractivity contribution in [2.24, 2.45) is 0 Å². The molecule has 0 radical (unpaired) electrons. The molecule has 0 aliphatic rings. The third kappa shape index (κ3) is 3.59. The number of carbonyl (C=O) groups is 1. The molecule has 0 unspecified atom stereocenters. The maximum absolute atomic E-state index is 12.4. The summed E-state index contributed by atoms with van der Waals surface area (Å²) >= 11 is 0. The third-order valence-corrected chi connectivity index (χ3v) is 3.89. The van der Waals surface area contributed by atoms with Crippen molar-refractivity contribution in [2.45, 2.75) is 13.5 Å². The minimum Gasteiger partial charge on any atom is -0.316 e. The third-order valence-electron chi connectivity index (χ3n) is 3.89. The second kappa shape index (κ2) is 7.21. The van der Waals surface area contributed by atoms with Gasteiger partial charge in [-0.1, -0.05) is 42.0 Å². The van der Waals surface area contributed by atoms with Crippen molar-refractivity contribution in [3.05, 3.63) is 71.9 Å². The van der Waals surface area contributed by atoms with Crippen LogP contribution < -0.4 is 10.4 Å². The first kappa shape index (κ1) is 16.1. The Hall–Kier alpha value is -2.76. The maximum atomic E-state index is 12.4. The van der Waals surface area contributed by atoms with Crippen molar-refractivity contribution in [1.82, 2.24) is 10.5 Å². The van der Waals surface area contributed by atoms with Crippen LogP contribution in [0.4, 0.5) is 5.69 Å². The molecule has 24 heavy (non-hydrogen) atoms. The summed E-state index contributed by atoms with van der Waals surface area (Å²) in [6.07, 6.45) is 1.73. The van der Waals surface area contributed by atoms with Crippen molar-refractivity contribution < 1.29 is 10.0 Å². The van der Waals surface area contributed by atoms with Gasteiger partial charge in [-0.15, -0.1) is 0 Å². The Labute approximate surface area is 140 Å². The maximum Gasteiger partial charge on any atom is 0.243 e. The summed E-state index contributed by atoms with van der Waals surface area (Å²) in [6, 6.07) is 17.6. The van der Waals surface area contributed by atoms with E-state index >= 15 is 0 Å². The monoisotopic (exact) mass is 321 g/mol. The average molecular weight is 321 g/mol. The SMILES string of the molecule is Cc1ccc(CN(C(=O)CNO)c2ccc3cccnc3c2)cc1. The van der Waals surface area contributed by atoms with E-state index in [1.807, 2.05) is 67.0 Å². The van der Waals surface area contributed by atoms with E-state index in [9.17, 15) is 4.79 Å². The van der Waals surface area contributed by atoms with Crippen molar-refractivity contribution in [3.63, 3.8) is 0 Å². The molecule has 0 spiro atoms. The van der Waals surface area contributed by atoms with Crippen LogP contribution >= 0.6 is 0 Å². The zero-order chi connectivity index (χ0) is 16.9. The van der Waals surface area contributed by atoms with Crippen LogP contribution in [-0.4, -0.2) is 22.6 Å². The molecule has 0 aliphatic carbocycles. The van der Waals surface area contributed by atoms with Crippen LogP contribution in [0.15, 0.2) is 60.8 Å². The number of hydrogen-bond donors (Lipinski definition) is 2. The number of nitrogens with zero attached hydrogens (tertiary/aromatic N) is 2. The number of benzene rings is 2. The van der Waals surface area contributed by atoms with Gasteiger partial charge >= 0.3 is 0 Å². The fourth-order valence-electron chi connectivity index (χ4n) is 2.59. The number of carbonyl (C=O) groups excluding carboxylic acids is 1. The molecule has 122 valence electrons. The number of aromatic nitrogens is 1. The van der Waals surface area contributed by atoms with E-state index in [0.29, 0.717) is 6.54 Å². The number of amides is 1. The lowest BCUT2D eigenvalue weighted by Gasteiger charge is -2.23. The zero-order valence-electron chi connectivity index (χ0n) is 13.4. The second-order valence-corrected chi connectivity index (χ2v) is 5.68. The molecule has 0 fully saturated rings. The topological polar surface area (TPSA) is 65.5 Å². The highest BCUT2D eigenvalue weighted by Gasteiger charge is 2.16. The normalized spacial score (nSPS) is 10.8. The average Bonchev–Trinajstić information content (AvgIpc) is 2.61. The molecule has 1 aromatic heterocycles. The van der Waals surface area contributed by atoms with Crippen molar-refractivity contribution >= 4 is 22.5 Å². The lowest BCUT2D eigenvalue weighted by Crippen LogP contribution is -2.37. The van der Waals surface area contributed by atoms with Crippen LogP contribution in [0.5, 0.6) is 0 Å². The molecule has 1 amide bonds. The molecule has 5 heteroatoms. The first-order chi connectivity index (χ1) is 11.7. The highest BCUT2D eigenvalue weighted by Crippen LogP contribution is 2.22. The van der Waals surface area contributed by atoms with E-state index in [0.717, 1.165) is 22.2 Å². The Bertz CT molecular complexity index is 847. The van der Waals surface area contributed by atoms with Crippen LogP contribution in [0.2, 0.25) is 0 Å². The molecule has 3 aromatic rings. The van der Waals surface area contributed by atoms with Gasteiger partial charge in [0.25, 0.3) is 0 Å². The molecular weight excluding hydrogens is 302 g/mol. The van der Waals surface area contributed by atoms with Gasteiger partial charge in [0, 0.05) is 17.3 Å². The molecule has 2 N–H and O–H groups in total. The molecule has 3 rings (SSSR count). The predicted octanol–water partition coefficient (Wildman–Crippen LogP) is 3.06. The summed E-state index contributed by atoms with van der Waals surface area (Å²) in [5.74, 6) is -0.214. The van der Waals surface area contributed by atoms with Crippen LogP contribution in [0, 0.1) is 6.92 Å². The number of aryl methyl sites for hydroxylation is 1. The molecule has 0 atom stereocenters. The summed E-state index contributed by atoms with van der Waals surface area (Å²) in [5.41, 5.74) is 5.71. The Morgan fingerprint density at radius 3 is 2.71 bits per heavy atom. The number of rotatable bonds is 5. The standard InChI is InChI=1S/C19H19N3O2/c1-14-4-6-15(7-5-14)13-22(19(23)12-21-24)17-9-8-16-3-2-10-20-18(16)11-17/h2-11,21,24H,12-13H2,1H3. The number of hydrogen-bond acceptors (Lipinski definition) is 4. The highest BCUT2D eigenvalue weighted by atomic mass is 16.5. The van der Waals surface area contributed by atoms with Crippen LogP contribution in [0.25, 0.3) is 10.9 Å². The lowest BCUT2D eigenvalue weighted by molar-refractivity contribution is -0.119. The van der Waals surface area contributed by atoms with Gasteiger partial charge in [0.2, 0.25) is 5.91 Å². The van der Waals surface area contributed by atoms with E-state index in [4.69, 9.17) is 5.21 Å². The molecular formula is C19H19N3O2. The molecule has 1 heterocycles. The first-order valence-corrected chi connectivity index (χ1v) is 7.75. The molecule has 0 aliphatic heterocycles. The number of nitrogens with one attached hydrogen (secondary N) is 1. The lowest BCUT2D eigenvalue weighted by atomic mass is 10.1. The Morgan fingerprint density at radius 2 is 1.96 bits per heavy atom. The molecule has 2 aromatic carbocycles. The van der Waals surface area contributed by atoms with Crippen LogP contribution in [0.3, 0.4) is 0 Å². The van der Waals surface area contributed by atoms with Crippen LogP contribution in [0.1, 0.15) is 11.1 Å². The van der Waals surface area contributed by atoms with E-state index in [2.05, 4.69) is 4.98 Å². The summed E-state index contributed by atoms with van der Waals surface area (Å²) in [6.45, 7) is 2.31. The first-order valence-electron chi connectivity index (χ1n) is 7.75. The van der Waals surface area contributed by atoms with Gasteiger partial charge in [0.15, 0.2) is 0 Å². The van der Waals surface area contributed by atoms with Gasteiger partial charge in [-0.3, -0.25) is 9.78 Å². The Balaban J connectivity index is 1.95. The molecule has 0 saturated heterocycles. The smallest absolute Gasteiger partial charge is 0.243 e. The highest BCUT2D eigenvalue weighted by molar-refractivity contribution is 5.96. The summed E-state index contributed by atoms with van der Waals surface area (Å²) in [4.78, 5) is 18.4. The minimum atomic E-state index is -0.214. The van der Waals surface area contributed by atoms with Gasteiger partial charge in [0.05, 0.1) is 12.1 Å². The zero-order valence-corrected chi connectivity index (χ0v) is 13.4. The van der Waals surface area contributed by atoms with Crippen molar-refractivity contribution in [2.75, 3.05) is 11.4 Å². The Morgan fingerprint density at radius 1 is 1.17 bits per heavy atom. The summed E-state index contributed by atoms with van der Waals surface area (Å²) < 4.78 is 0. The number of anilines is 1. The van der Waals surface area contributed by atoms with Gasteiger partial charge in [0.1, 0.15) is 6.54 Å². The number of pyridine rings is 1. The van der Waals surface area contributed by atoms with E-state index in [-0.39, 0.29) is 12.5 Å². The van der Waals surface area contributed by atoms with Crippen molar-refractivity contribution in [1.29, 1.82) is 0 Å². The fourth-order valence-corrected chi connectivity index (χ4v) is 2.59. The summed E-state index contributed by atoms with van der Waals surface area (Å²) in [7, 11) is 0. The van der Waals surface area contributed by atoms with Gasteiger partial charge in [-0.05, 0) is 30.7 Å². The van der Waals surface area contributed by atoms with Crippen LogP contribution in [-0.2, 0) is 11.3 Å². The molecule has 0 bridgehead atoms.